The minimum atomic E-state index is 0.0591. The minimum absolute atomic E-state index is 0.0591. The number of nitrogens with zero attached hydrogens (tertiary/aromatic N) is 3. The molecule has 2 aliphatic heterocycles. The molecule has 0 bridgehead atoms. The summed E-state index contributed by atoms with van der Waals surface area (Å²) in [7, 11) is 0. The van der Waals surface area contributed by atoms with Gasteiger partial charge in [0.05, 0.1) is 0 Å². The summed E-state index contributed by atoms with van der Waals surface area (Å²) in [4.78, 5) is 20.7. The second-order valence-electron chi connectivity index (χ2n) is 5.92. The lowest BCUT2D eigenvalue weighted by Gasteiger charge is -2.28. The Hall–Kier alpha value is -1.78. The molecule has 0 saturated carbocycles. The quantitative estimate of drug-likeness (QED) is 0.929. The molecule has 5 heteroatoms. The molecule has 2 aliphatic rings. The molecule has 0 unspecified atom stereocenters. The average molecular weight is 288 g/mol. The number of hydrogen-bond donors (Lipinski definition) is 1. The summed E-state index contributed by atoms with van der Waals surface area (Å²) in [6.07, 6.45) is 7.92. The summed E-state index contributed by atoms with van der Waals surface area (Å²) in [6.45, 7) is 4.55. The van der Waals surface area contributed by atoms with E-state index in [-0.39, 0.29) is 6.03 Å². The number of carbonyl (C=O) groups is 1. The molecule has 21 heavy (non-hydrogen) atoms. The first-order chi connectivity index (χ1) is 10.3. The van der Waals surface area contributed by atoms with E-state index in [0.717, 1.165) is 50.4 Å². The Morgan fingerprint density at radius 1 is 1.10 bits per heavy atom. The molecule has 0 aliphatic carbocycles. The monoisotopic (exact) mass is 288 g/mol. The summed E-state index contributed by atoms with van der Waals surface area (Å²) >= 11 is 0. The Bertz CT molecular complexity index is 479. The molecule has 2 saturated heterocycles. The number of urea groups is 1. The molecule has 0 aromatic carbocycles. The van der Waals surface area contributed by atoms with Crippen LogP contribution in [-0.2, 0) is 6.54 Å². The highest BCUT2D eigenvalue weighted by Crippen LogP contribution is 2.18. The second-order valence-corrected chi connectivity index (χ2v) is 5.92. The number of likely N-dealkylation sites (tertiary alicyclic amines) is 1. The van der Waals surface area contributed by atoms with E-state index >= 15 is 0 Å². The third kappa shape index (κ3) is 3.65. The molecule has 1 N–H and O–H groups in total. The van der Waals surface area contributed by atoms with Crippen molar-refractivity contribution in [3.63, 3.8) is 0 Å². The predicted octanol–water partition coefficient (Wildman–Crippen LogP) is 2.38. The van der Waals surface area contributed by atoms with Crippen LogP contribution in [0, 0.1) is 0 Å². The zero-order valence-corrected chi connectivity index (χ0v) is 12.6. The molecule has 1 aromatic heterocycles. The van der Waals surface area contributed by atoms with E-state index in [1.165, 1.54) is 19.3 Å². The van der Waals surface area contributed by atoms with Crippen molar-refractivity contribution in [2.45, 2.75) is 38.6 Å². The Balaban J connectivity index is 1.56. The molecule has 1 aromatic rings. The maximum atomic E-state index is 12.0. The van der Waals surface area contributed by atoms with Gasteiger partial charge in [-0.2, -0.15) is 0 Å². The Morgan fingerprint density at radius 2 is 1.81 bits per heavy atom. The number of hydrogen-bond acceptors (Lipinski definition) is 3. The highest BCUT2D eigenvalue weighted by molar-refractivity contribution is 5.74. The van der Waals surface area contributed by atoms with E-state index in [1.807, 2.05) is 17.2 Å². The topological polar surface area (TPSA) is 48.5 Å². The van der Waals surface area contributed by atoms with Crippen LogP contribution in [0.3, 0.4) is 0 Å². The van der Waals surface area contributed by atoms with Crippen LogP contribution in [0.15, 0.2) is 18.3 Å². The zero-order chi connectivity index (χ0) is 14.5. The number of aromatic nitrogens is 1. The molecule has 3 heterocycles. The molecule has 0 atom stereocenters. The van der Waals surface area contributed by atoms with Gasteiger partial charge in [-0.3, -0.25) is 0 Å². The van der Waals surface area contributed by atoms with Gasteiger partial charge in [-0.15, -0.1) is 0 Å². The number of carbonyl (C=O) groups excluding carboxylic acids is 1. The van der Waals surface area contributed by atoms with Crippen molar-refractivity contribution >= 4 is 11.8 Å². The van der Waals surface area contributed by atoms with Crippen molar-refractivity contribution in [3.8, 4) is 0 Å². The maximum absolute atomic E-state index is 12.0. The summed E-state index contributed by atoms with van der Waals surface area (Å²) < 4.78 is 0. The van der Waals surface area contributed by atoms with Crippen LogP contribution >= 0.6 is 0 Å². The highest BCUT2D eigenvalue weighted by Gasteiger charge is 2.17. The van der Waals surface area contributed by atoms with Gasteiger partial charge in [-0.05, 0) is 49.8 Å². The normalized spacial score (nSPS) is 18.9. The maximum Gasteiger partial charge on any atom is 0.317 e. The Morgan fingerprint density at radius 3 is 2.57 bits per heavy atom. The van der Waals surface area contributed by atoms with E-state index in [1.54, 1.807) is 0 Å². The van der Waals surface area contributed by atoms with Crippen LogP contribution < -0.4 is 10.2 Å². The highest BCUT2D eigenvalue weighted by atomic mass is 16.2. The fraction of sp³-hybridized carbons (Fsp3) is 0.625. The van der Waals surface area contributed by atoms with E-state index in [0.29, 0.717) is 6.54 Å². The van der Waals surface area contributed by atoms with Crippen molar-refractivity contribution < 1.29 is 4.79 Å². The Kier molecular flexibility index (Phi) is 4.58. The summed E-state index contributed by atoms with van der Waals surface area (Å²) in [5.74, 6) is 1.04. The van der Waals surface area contributed by atoms with Crippen LogP contribution in [0.25, 0.3) is 0 Å². The zero-order valence-electron chi connectivity index (χ0n) is 12.6. The lowest BCUT2D eigenvalue weighted by molar-refractivity contribution is 0.208. The second kappa shape index (κ2) is 6.78. The van der Waals surface area contributed by atoms with Gasteiger partial charge >= 0.3 is 6.03 Å². The van der Waals surface area contributed by atoms with Crippen LogP contribution in [0.5, 0.6) is 0 Å². The van der Waals surface area contributed by atoms with Gasteiger partial charge in [0.15, 0.2) is 0 Å². The SMILES string of the molecule is O=C(NCc1ccnc(N2CCCCC2)c1)N1CCCC1. The molecule has 0 spiro atoms. The molecule has 114 valence electrons. The number of rotatable bonds is 3. The van der Waals surface area contributed by atoms with Gasteiger partial charge in [0.2, 0.25) is 0 Å². The van der Waals surface area contributed by atoms with Crippen molar-refractivity contribution in [3.05, 3.63) is 23.9 Å². The number of anilines is 1. The average Bonchev–Trinajstić information content (AvgIpc) is 3.08. The van der Waals surface area contributed by atoms with Crippen LogP contribution in [0.1, 0.15) is 37.7 Å². The number of amides is 2. The van der Waals surface area contributed by atoms with E-state index in [9.17, 15) is 4.79 Å². The largest absolute Gasteiger partial charge is 0.357 e. The van der Waals surface area contributed by atoms with Gasteiger partial charge in [-0.25, -0.2) is 9.78 Å². The van der Waals surface area contributed by atoms with Crippen LogP contribution in [-0.4, -0.2) is 42.1 Å². The molecular weight excluding hydrogens is 264 g/mol. The third-order valence-corrected chi connectivity index (χ3v) is 4.33. The fourth-order valence-electron chi connectivity index (χ4n) is 3.08. The predicted molar refractivity (Wildman–Crippen MR) is 83.3 cm³/mol. The molecule has 2 fully saturated rings. The molecule has 3 rings (SSSR count). The first-order valence-electron chi connectivity index (χ1n) is 8.05. The summed E-state index contributed by atoms with van der Waals surface area (Å²) in [5.41, 5.74) is 1.12. The summed E-state index contributed by atoms with van der Waals surface area (Å²) in [6, 6.07) is 4.15. The van der Waals surface area contributed by atoms with Gasteiger partial charge in [-0.1, -0.05) is 0 Å². The van der Waals surface area contributed by atoms with Crippen molar-refractivity contribution in [2.24, 2.45) is 0 Å². The molecule has 5 nitrogen and oxygen atoms in total. The van der Waals surface area contributed by atoms with Crippen LogP contribution in [0.4, 0.5) is 10.6 Å². The number of pyridine rings is 1. The van der Waals surface area contributed by atoms with Gasteiger partial charge < -0.3 is 15.1 Å². The smallest absolute Gasteiger partial charge is 0.317 e. The van der Waals surface area contributed by atoms with Crippen molar-refractivity contribution in [2.75, 3.05) is 31.1 Å². The Labute approximate surface area is 126 Å². The van der Waals surface area contributed by atoms with Gasteiger partial charge in [0.25, 0.3) is 0 Å². The van der Waals surface area contributed by atoms with Crippen LogP contribution in [0.2, 0.25) is 0 Å². The standard InChI is InChI=1S/C16H24N4O/c21-16(20-10-4-5-11-20)18-13-14-6-7-17-15(12-14)19-8-2-1-3-9-19/h6-7,12H,1-5,8-11,13H2,(H,18,21). The van der Waals surface area contributed by atoms with E-state index < -0.39 is 0 Å². The first kappa shape index (κ1) is 14.2. The number of piperidine rings is 1. The van der Waals surface area contributed by atoms with Crippen molar-refractivity contribution in [1.29, 1.82) is 0 Å². The lowest BCUT2D eigenvalue weighted by atomic mass is 10.1. The lowest BCUT2D eigenvalue weighted by Crippen LogP contribution is -2.37. The molecule has 2 amide bonds. The first-order valence-corrected chi connectivity index (χ1v) is 8.05. The fourth-order valence-corrected chi connectivity index (χ4v) is 3.08. The summed E-state index contributed by atoms with van der Waals surface area (Å²) in [5, 5.41) is 3.01. The van der Waals surface area contributed by atoms with E-state index in [4.69, 9.17) is 0 Å². The molecule has 0 radical (unpaired) electrons. The third-order valence-electron chi connectivity index (χ3n) is 4.33. The van der Waals surface area contributed by atoms with Gasteiger partial charge in [0, 0.05) is 38.9 Å². The number of nitrogens with one attached hydrogen (secondary N) is 1. The van der Waals surface area contributed by atoms with Gasteiger partial charge in [0.1, 0.15) is 5.82 Å². The molecular formula is C16H24N4O. The minimum Gasteiger partial charge on any atom is -0.357 e. The van der Waals surface area contributed by atoms with E-state index in [2.05, 4.69) is 21.3 Å². The van der Waals surface area contributed by atoms with Crippen molar-refractivity contribution in [1.82, 2.24) is 15.2 Å².